The summed E-state index contributed by atoms with van der Waals surface area (Å²) < 4.78 is 7.73. The summed E-state index contributed by atoms with van der Waals surface area (Å²) in [5.41, 5.74) is 5.18. The molecule has 2 heterocycles. The summed E-state index contributed by atoms with van der Waals surface area (Å²) in [7, 11) is 0. The van der Waals surface area contributed by atoms with Crippen LogP contribution < -0.4 is 5.73 Å². The Morgan fingerprint density at radius 1 is 1.58 bits per heavy atom. The molecule has 7 heteroatoms. The SMILES string of the molecule is CC(C)c1nnc(SCC(N)=O)n1C[C@H]1CCCO1. The largest absolute Gasteiger partial charge is 0.376 e. The van der Waals surface area contributed by atoms with E-state index in [-0.39, 0.29) is 23.7 Å². The van der Waals surface area contributed by atoms with Gasteiger partial charge in [-0.15, -0.1) is 10.2 Å². The first-order valence-electron chi connectivity index (χ1n) is 6.53. The van der Waals surface area contributed by atoms with Gasteiger partial charge in [0.05, 0.1) is 18.4 Å². The summed E-state index contributed by atoms with van der Waals surface area (Å²) in [6.07, 6.45) is 2.39. The Kier molecular flexibility index (Phi) is 4.81. The van der Waals surface area contributed by atoms with E-state index >= 15 is 0 Å². The van der Waals surface area contributed by atoms with E-state index in [9.17, 15) is 4.79 Å². The van der Waals surface area contributed by atoms with Gasteiger partial charge in [-0.1, -0.05) is 25.6 Å². The fourth-order valence-electron chi connectivity index (χ4n) is 2.13. The van der Waals surface area contributed by atoms with E-state index in [1.807, 2.05) is 0 Å². The highest BCUT2D eigenvalue weighted by atomic mass is 32.2. The zero-order valence-electron chi connectivity index (χ0n) is 11.3. The minimum Gasteiger partial charge on any atom is -0.376 e. The van der Waals surface area contributed by atoms with Crippen molar-refractivity contribution < 1.29 is 9.53 Å². The molecule has 0 saturated carbocycles. The number of primary amides is 1. The monoisotopic (exact) mass is 284 g/mol. The summed E-state index contributed by atoms with van der Waals surface area (Å²) in [5.74, 6) is 1.10. The average molecular weight is 284 g/mol. The standard InChI is InChI=1S/C12H20N4O2S/c1-8(2)11-14-15-12(19-7-10(13)17)16(11)6-9-4-3-5-18-9/h8-9H,3-7H2,1-2H3,(H2,13,17)/t9-/m1/s1. The Bertz CT molecular complexity index is 441. The second-order valence-corrected chi connectivity index (χ2v) is 5.94. The van der Waals surface area contributed by atoms with Gasteiger partial charge in [0.25, 0.3) is 0 Å². The maximum atomic E-state index is 10.9. The van der Waals surface area contributed by atoms with Gasteiger partial charge in [-0.3, -0.25) is 4.79 Å². The number of aromatic nitrogens is 3. The first kappa shape index (κ1) is 14.3. The molecule has 0 aliphatic carbocycles. The normalized spacial score (nSPS) is 19.2. The zero-order valence-corrected chi connectivity index (χ0v) is 12.2. The highest BCUT2D eigenvalue weighted by Crippen LogP contribution is 2.24. The number of hydrogen-bond donors (Lipinski definition) is 1. The van der Waals surface area contributed by atoms with Gasteiger partial charge in [-0.05, 0) is 12.8 Å². The number of rotatable bonds is 6. The lowest BCUT2D eigenvalue weighted by Gasteiger charge is -2.15. The van der Waals surface area contributed by atoms with Crippen molar-refractivity contribution in [1.29, 1.82) is 0 Å². The molecule has 1 fully saturated rings. The molecule has 6 nitrogen and oxygen atoms in total. The topological polar surface area (TPSA) is 83.0 Å². The van der Waals surface area contributed by atoms with E-state index < -0.39 is 0 Å². The van der Waals surface area contributed by atoms with Crippen LogP contribution in [0.2, 0.25) is 0 Å². The Morgan fingerprint density at radius 3 is 2.95 bits per heavy atom. The van der Waals surface area contributed by atoms with Crippen LogP contribution in [0.15, 0.2) is 5.16 Å². The maximum Gasteiger partial charge on any atom is 0.227 e. The summed E-state index contributed by atoms with van der Waals surface area (Å²) in [6.45, 7) is 5.74. The van der Waals surface area contributed by atoms with Crippen molar-refractivity contribution in [1.82, 2.24) is 14.8 Å². The molecule has 0 bridgehead atoms. The lowest BCUT2D eigenvalue weighted by atomic mass is 10.2. The van der Waals surface area contributed by atoms with Gasteiger partial charge in [0.2, 0.25) is 5.91 Å². The number of carbonyl (C=O) groups is 1. The van der Waals surface area contributed by atoms with Crippen molar-refractivity contribution >= 4 is 17.7 Å². The molecular weight excluding hydrogens is 264 g/mol. The van der Waals surface area contributed by atoms with Crippen LogP contribution in [0, 0.1) is 0 Å². The summed E-state index contributed by atoms with van der Waals surface area (Å²) in [4.78, 5) is 10.9. The molecule has 1 saturated heterocycles. The fourth-order valence-corrected chi connectivity index (χ4v) is 2.83. The van der Waals surface area contributed by atoms with Gasteiger partial charge in [0.1, 0.15) is 5.82 Å². The van der Waals surface area contributed by atoms with E-state index in [1.165, 1.54) is 11.8 Å². The predicted octanol–water partition coefficient (Wildman–Crippen LogP) is 1.16. The number of ether oxygens (including phenoxy) is 1. The number of hydrogen-bond acceptors (Lipinski definition) is 5. The summed E-state index contributed by atoms with van der Waals surface area (Å²) >= 11 is 1.34. The van der Waals surface area contributed by atoms with E-state index in [4.69, 9.17) is 10.5 Å². The van der Waals surface area contributed by atoms with Crippen LogP contribution in [0.25, 0.3) is 0 Å². The van der Waals surface area contributed by atoms with Crippen LogP contribution in [-0.4, -0.2) is 39.1 Å². The Morgan fingerprint density at radius 2 is 2.37 bits per heavy atom. The predicted molar refractivity (Wildman–Crippen MR) is 73.0 cm³/mol. The van der Waals surface area contributed by atoms with Crippen LogP contribution in [0.4, 0.5) is 0 Å². The number of nitrogens with two attached hydrogens (primary N) is 1. The Balaban J connectivity index is 2.14. The van der Waals surface area contributed by atoms with Gasteiger partial charge < -0.3 is 15.0 Å². The van der Waals surface area contributed by atoms with E-state index in [2.05, 4.69) is 28.6 Å². The third-order valence-corrected chi connectivity index (χ3v) is 4.00. The summed E-state index contributed by atoms with van der Waals surface area (Å²) in [5, 5.41) is 9.13. The minimum atomic E-state index is -0.345. The van der Waals surface area contributed by atoms with Crippen molar-refractivity contribution in [2.45, 2.75) is 50.4 Å². The molecular formula is C12H20N4O2S. The van der Waals surface area contributed by atoms with Gasteiger partial charge in [0, 0.05) is 12.5 Å². The van der Waals surface area contributed by atoms with Crippen molar-refractivity contribution in [3.8, 4) is 0 Å². The lowest BCUT2D eigenvalue weighted by molar-refractivity contribution is -0.115. The zero-order chi connectivity index (χ0) is 13.8. The maximum absolute atomic E-state index is 10.9. The van der Waals surface area contributed by atoms with Gasteiger partial charge in [-0.2, -0.15) is 0 Å². The molecule has 19 heavy (non-hydrogen) atoms. The first-order chi connectivity index (χ1) is 9.08. The average Bonchev–Trinajstić information content (AvgIpc) is 2.96. The van der Waals surface area contributed by atoms with Crippen molar-refractivity contribution in [2.75, 3.05) is 12.4 Å². The van der Waals surface area contributed by atoms with E-state index in [1.54, 1.807) is 0 Å². The van der Waals surface area contributed by atoms with Crippen LogP contribution in [-0.2, 0) is 16.1 Å². The molecule has 0 unspecified atom stereocenters. The molecule has 1 aliphatic rings. The highest BCUT2D eigenvalue weighted by Gasteiger charge is 2.22. The molecule has 0 aromatic carbocycles. The van der Waals surface area contributed by atoms with Crippen molar-refractivity contribution in [3.05, 3.63) is 5.82 Å². The van der Waals surface area contributed by atoms with Crippen LogP contribution in [0.1, 0.15) is 38.4 Å². The van der Waals surface area contributed by atoms with Crippen LogP contribution >= 0.6 is 11.8 Å². The fraction of sp³-hybridized carbons (Fsp3) is 0.750. The molecule has 2 rings (SSSR count). The molecule has 1 aliphatic heterocycles. The van der Waals surface area contributed by atoms with Crippen LogP contribution in [0.3, 0.4) is 0 Å². The second-order valence-electron chi connectivity index (χ2n) is 5.00. The Labute approximate surface area is 117 Å². The minimum absolute atomic E-state index is 0.224. The number of thioether (sulfide) groups is 1. The second kappa shape index (κ2) is 6.38. The quantitative estimate of drug-likeness (QED) is 0.792. The molecule has 106 valence electrons. The van der Waals surface area contributed by atoms with Gasteiger partial charge in [0.15, 0.2) is 5.16 Å². The Hall–Kier alpha value is -1.08. The third-order valence-electron chi connectivity index (χ3n) is 3.02. The molecule has 0 spiro atoms. The molecule has 1 amide bonds. The molecule has 1 atom stereocenters. The molecule has 1 aromatic rings. The highest BCUT2D eigenvalue weighted by molar-refractivity contribution is 7.99. The first-order valence-corrected chi connectivity index (χ1v) is 7.52. The van der Waals surface area contributed by atoms with Crippen molar-refractivity contribution in [2.24, 2.45) is 5.73 Å². The third kappa shape index (κ3) is 3.70. The molecule has 0 radical (unpaired) electrons. The molecule has 1 aromatic heterocycles. The number of carbonyl (C=O) groups excluding carboxylic acids is 1. The summed E-state index contributed by atoms with van der Waals surface area (Å²) in [6, 6.07) is 0. The van der Waals surface area contributed by atoms with Gasteiger partial charge >= 0.3 is 0 Å². The van der Waals surface area contributed by atoms with Crippen molar-refractivity contribution in [3.63, 3.8) is 0 Å². The number of nitrogens with zero attached hydrogens (tertiary/aromatic N) is 3. The number of amides is 1. The van der Waals surface area contributed by atoms with E-state index in [0.717, 1.165) is 37.0 Å². The van der Waals surface area contributed by atoms with Crippen LogP contribution in [0.5, 0.6) is 0 Å². The van der Waals surface area contributed by atoms with Gasteiger partial charge in [-0.25, -0.2) is 0 Å². The lowest BCUT2D eigenvalue weighted by Crippen LogP contribution is -2.19. The van der Waals surface area contributed by atoms with E-state index in [0.29, 0.717) is 0 Å². The smallest absolute Gasteiger partial charge is 0.227 e. The molecule has 2 N–H and O–H groups in total.